The van der Waals surface area contributed by atoms with E-state index in [2.05, 4.69) is 51.2 Å². The molecule has 0 radical (unpaired) electrons. The minimum atomic E-state index is 0.670. The van der Waals surface area contributed by atoms with E-state index in [0.717, 1.165) is 50.6 Å². The van der Waals surface area contributed by atoms with Gasteiger partial charge in [0.25, 0.3) is 0 Å². The van der Waals surface area contributed by atoms with Crippen LogP contribution in [0.5, 0.6) is 0 Å². The van der Waals surface area contributed by atoms with Crippen molar-refractivity contribution in [1.82, 2.24) is 24.1 Å². The van der Waals surface area contributed by atoms with Crippen LogP contribution in [0.4, 0.5) is 0 Å². The molecule has 154 valence electrons. The maximum absolute atomic E-state index is 6.41. The van der Waals surface area contributed by atoms with Gasteiger partial charge in [0.15, 0.2) is 11.3 Å². The number of nitrogens with zero attached hydrogens (tertiary/aromatic N) is 5. The summed E-state index contributed by atoms with van der Waals surface area (Å²) >= 11 is 6.41. The molecule has 0 unspecified atom stereocenters. The molecule has 6 rings (SSSR count). The van der Waals surface area contributed by atoms with E-state index in [9.17, 15) is 0 Å². The van der Waals surface area contributed by atoms with E-state index in [1.165, 1.54) is 0 Å². The maximum atomic E-state index is 6.41. The highest BCUT2D eigenvalue weighted by Crippen LogP contribution is 2.43. The van der Waals surface area contributed by atoms with E-state index < -0.39 is 0 Å². The van der Waals surface area contributed by atoms with Gasteiger partial charge in [0.05, 0.1) is 11.1 Å². The molecule has 6 aromatic rings. The van der Waals surface area contributed by atoms with Crippen LogP contribution in [0.25, 0.3) is 44.8 Å². The van der Waals surface area contributed by atoms with Crippen molar-refractivity contribution >= 4 is 28.3 Å². The zero-order chi connectivity index (χ0) is 21.7. The van der Waals surface area contributed by atoms with Gasteiger partial charge in [-0.05, 0) is 36.2 Å². The smallest absolute Gasteiger partial charge is 0.173 e. The summed E-state index contributed by atoms with van der Waals surface area (Å²) in [7, 11) is 0. The third kappa shape index (κ3) is 2.82. The van der Waals surface area contributed by atoms with Gasteiger partial charge in [-0.3, -0.25) is 8.97 Å². The SMILES string of the molecule is Cc1nnc2c3c(-c4ccccc4)c(-c4ccccc4)n(-c4cccc(Cl)c4)c3ncn12. The normalized spacial score (nSPS) is 11.4. The summed E-state index contributed by atoms with van der Waals surface area (Å²) in [5.74, 6) is 0.796. The zero-order valence-corrected chi connectivity index (χ0v) is 18.0. The molecule has 0 N–H and O–H groups in total. The number of rotatable bonds is 3. The highest BCUT2D eigenvalue weighted by molar-refractivity contribution is 6.30. The van der Waals surface area contributed by atoms with Crippen LogP contribution in [0, 0.1) is 6.92 Å². The van der Waals surface area contributed by atoms with Gasteiger partial charge in [-0.2, -0.15) is 0 Å². The van der Waals surface area contributed by atoms with Gasteiger partial charge in [0.1, 0.15) is 12.2 Å². The lowest BCUT2D eigenvalue weighted by molar-refractivity contribution is 0.982. The molecule has 0 saturated heterocycles. The monoisotopic (exact) mass is 435 g/mol. The molecule has 0 fully saturated rings. The van der Waals surface area contributed by atoms with Crippen molar-refractivity contribution in [1.29, 1.82) is 0 Å². The Morgan fingerprint density at radius 2 is 1.47 bits per heavy atom. The van der Waals surface area contributed by atoms with Gasteiger partial charge < -0.3 is 0 Å². The Hall–Kier alpha value is -3.96. The first-order valence-electron chi connectivity index (χ1n) is 10.3. The van der Waals surface area contributed by atoms with Crippen LogP contribution in [0.2, 0.25) is 5.02 Å². The molecule has 0 bridgehead atoms. The van der Waals surface area contributed by atoms with Crippen LogP contribution in [-0.4, -0.2) is 24.1 Å². The fourth-order valence-corrected chi connectivity index (χ4v) is 4.49. The molecular weight excluding hydrogens is 418 g/mol. The van der Waals surface area contributed by atoms with Crippen LogP contribution in [0.15, 0.2) is 91.3 Å². The van der Waals surface area contributed by atoms with E-state index in [-0.39, 0.29) is 0 Å². The van der Waals surface area contributed by atoms with Gasteiger partial charge in [0.2, 0.25) is 0 Å². The van der Waals surface area contributed by atoms with Crippen LogP contribution >= 0.6 is 11.6 Å². The van der Waals surface area contributed by atoms with Crippen LogP contribution < -0.4 is 0 Å². The van der Waals surface area contributed by atoms with Crippen molar-refractivity contribution in [2.24, 2.45) is 0 Å². The highest BCUT2D eigenvalue weighted by Gasteiger charge is 2.25. The summed E-state index contributed by atoms with van der Waals surface area (Å²) in [6.45, 7) is 1.93. The summed E-state index contributed by atoms with van der Waals surface area (Å²) in [5, 5.41) is 10.5. The Bertz CT molecular complexity index is 1580. The topological polar surface area (TPSA) is 48.0 Å². The van der Waals surface area contributed by atoms with Gasteiger partial charge in [0, 0.05) is 16.3 Å². The number of halogens is 1. The van der Waals surface area contributed by atoms with E-state index in [1.807, 2.05) is 59.9 Å². The molecule has 0 atom stereocenters. The lowest BCUT2D eigenvalue weighted by Gasteiger charge is -2.13. The third-order valence-electron chi connectivity index (χ3n) is 5.71. The number of aromatic nitrogens is 5. The fourth-order valence-electron chi connectivity index (χ4n) is 4.31. The van der Waals surface area contributed by atoms with E-state index in [4.69, 9.17) is 16.6 Å². The van der Waals surface area contributed by atoms with Crippen molar-refractivity contribution in [3.63, 3.8) is 0 Å². The summed E-state index contributed by atoms with van der Waals surface area (Å²) in [6.07, 6.45) is 1.79. The molecule has 0 aliphatic rings. The third-order valence-corrected chi connectivity index (χ3v) is 5.94. The van der Waals surface area contributed by atoms with Gasteiger partial charge in [-0.1, -0.05) is 78.3 Å². The van der Waals surface area contributed by atoms with Gasteiger partial charge in [-0.15, -0.1) is 10.2 Å². The molecule has 0 amide bonds. The van der Waals surface area contributed by atoms with Crippen molar-refractivity contribution in [3.05, 3.63) is 102 Å². The number of benzene rings is 3. The molecule has 3 aromatic heterocycles. The summed E-state index contributed by atoms with van der Waals surface area (Å²) in [6, 6.07) is 28.6. The zero-order valence-electron chi connectivity index (χ0n) is 17.3. The molecule has 32 heavy (non-hydrogen) atoms. The summed E-state index contributed by atoms with van der Waals surface area (Å²) in [4.78, 5) is 4.88. The maximum Gasteiger partial charge on any atom is 0.173 e. The second kappa shape index (κ2) is 7.32. The summed E-state index contributed by atoms with van der Waals surface area (Å²) in [5.41, 5.74) is 6.81. The second-order valence-corrected chi connectivity index (χ2v) is 8.09. The first kappa shape index (κ1) is 18.8. The molecule has 3 heterocycles. The summed E-state index contributed by atoms with van der Waals surface area (Å²) < 4.78 is 4.11. The number of hydrogen-bond donors (Lipinski definition) is 0. The predicted octanol–water partition coefficient (Wildman–Crippen LogP) is 6.36. The fraction of sp³-hybridized carbons (Fsp3) is 0.0385. The molecule has 0 saturated carbocycles. The van der Waals surface area contributed by atoms with E-state index in [1.54, 1.807) is 6.33 Å². The molecule has 0 aliphatic carbocycles. The second-order valence-electron chi connectivity index (χ2n) is 7.65. The van der Waals surface area contributed by atoms with Gasteiger partial charge in [-0.25, -0.2) is 4.98 Å². The Morgan fingerprint density at radius 1 is 0.750 bits per heavy atom. The Balaban J connectivity index is 1.88. The average molecular weight is 436 g/mol. The Morgan fingerprint density at radius 3 is 2.19 bits per heavy atom. The molecular formula is C26H18ClN5. The molecule has 6 heteroatoms. The van der Waals surface area contributed by atoms with Crippen molar-refractivity contribution in [2.45, 2.75) is 6.92 Å². The first-order valence-corrected chi connectivity index (χ1v) is 10.7. The van der Waals surface area contributed by atoms with Crippen molar-refractivity contribution in [3.8, 4) is 28.1 Å². The minimum Gasteiger partial charge on any atom is -0.293 e. The standard InChI is InChI=1S/C26H18ClN5/c1-17-29-30-26-23-22(18-9-4-2-5-10-18)24(19-11-6-3-7-12-19)32(25(23)28-16-31(17)26)21-14-8-13-20(27)15-21/h2-16H,1H3. The van der Waals surface area contributed by atoms with Gasteiger partial charge >= 0.3 is 0 Å². The predicted molar refractivity (Wildman–Crippen MR) is 128 cm³/mol. The quantitative estimate of drug-likeness (QED) is 0.324. The van der Waals surface area contributed by atoms with E-state index in [0.29, 0.717) is 5.02 Å². The van der Waals surface area contributed by atoms with Crippen LogP contribution in [0.1, 0.15) is 5.82 Å². The van der Waals surface area contributed by atoms with E-state index >= 15 is 0 Å². The highest BCUT2D eigenvalue weighted by atomic mass is 35.5. The number of fused-ring (bicyclic) bond motifs is 3. The molecule has 5 nitrogen and oxygen atoms in total. The number of aryl methyl sites for hydroxylation is 1. The lowest BCUT2D eigenvalue weighted by atomic mass is 9.99. The van der Waals surface area contributed by atoms with Crippen molar-refractivity contribution < 1.29 is 0 Å². The Kier molecular flexibility index (Phi) is 4.30. The number of hydrogen-bond acceptors (Lipinski definition) is 3. The minimum absolute atomic E-state index is 0.670. The molecule has 0 aliphatic heterocycles. The van der Waals surface area contributed by atoms with Crippen molar-refractivity contribution in [2.75, 3.05) is 0 Å². The largest absolute Gasteiger partial charge is 0.293 e. The first-order chi connectivity index (χ1) is 15.7. The Labute approximate surface area is 189 Å². The molecule has 0 spiro atoms. The molecule has 3 aromatic carbocycles. The van der Waals surface area contributed by atoms with Crippen LogP contribution in [-0.2, 0) is 0 Å². The van der Waals surface area contributed by atoms with Crippen LogP contribution in [0.3, 0.4) is 0 Å². The lowest BCUT2D eigenvalue weighted by Crippen LogP contribution is -1.99. The average Bonchev–Trinajstić information content (AvgIpc) is 3.38.